The lowest BCUT2D eigenvalue weighted by atomic mass is 10.3. The molecule has 0 unspecified atom stereocenters. The van der Waals surface area contributed by atoms with Gasteiger partial charge in [0.25, 0.3) is 0 Å². The highest BCUT2D eigenvalue weighted by Gasteiger charge is 2.05. The Morgan fingerprint density at radius 1 is 1.14 bits per heavy atom. The number of aromatic nitrogens is 4. The summed E-state index contributed by atoms with van der Waals surface area (Å²) in [6, 6.07) is 0. The van der Waals surface area contributed by atoms with Crippen LogP contribution in [0, 0.1) is 13.8 Å². The van der Waals surface area contributed by atoms with Gasteiger partial charge in [-0.15, -0.1) is 0 Å². The largest absolute Gasteiger partial charge is 0.246 e. The molecule has 0 radical (unpaired) electrons. The fourth-order valence-electron chi connectivity index (χ4n) is 1.35. The van der Waals surface area contributed by atoms with Crippen LogP contribution in [0.3, 0.4) is 0 Å². The molecule has 0 aromatic carbocycles. The summed E-state index contributed by atoms with van der Waals surface area (Å²) in [6.45, 7) is 5.89. The average molecular weight is 188 g/mol. The summed E-state index contributed by atoms with van der Waals surface area (Å²) in [5.74, 6) is 0.827. The summed E-state index contributed by atoms with van der Waals surface area (Å²) in [4.78, 5) is 17.3. The lowest BCUT2D eigenvalue weighted by molar-refractivity contribution is 0.925. The number of fused-ring (bicyclic) bond motifs is 1. The standard InChI is InChI=1S/C10H12N4/c1-4-8-13-7(3)9-10(14-8)11-5-6(2)12-9/h5H,4H2,1-3H3. The van der Waals surface area contributed by atoms with Crippen LogP contribution in [0.25, 0.3) is 11.2 Å². The molecule has 0 spiro atoms. The maximum absolute atomic E-state index is 4.36. The Labute approximate surface area is 82.5 Å². The predicted octanol–water partition coefficient (Wildman–Crippen LogP) is 1.60. The third-order valence-corrected chi connectivity index (χ3v) is 2.06. The topological polar surface area (TPSA) is 51.6 Å². The average Bonchev–Trinajstić information content (AvgIpc) is 2.19. The van der Waals surface area contributed by atoms with Crippen molar-refractivity contribution in [1.82, 2.24) is 19.9 Å². The molecule has 0 amide bonds. The molecule has 0 atom stereocenters. The summed E-state index contributed by atoms with van der Waals surface area (Å²) in [6.07, 6.45) is 2.56. The van der Waals surface area contributed by atoms with Gasteiger partial charge in [-0.1, -0.05) is 6.92 Å². The molecule has 72 valence electrons. The molecule has 0 fully saturated rings. The van der Waals surface area contributed by atoms with E-state index in [1.807, 2.05) is 20.8 Å². The minimum absolute atomic E-state index is 0.694. The van der Waals surface area contributed by atoms with E-state index in [2.05, 4.69) is 19.9 Å². The van der Waals surface area contributed by atoms with E-state index in [1.54, 1.807) is 6.20 Å². The minimum atomic E-state index is 0.694. The SMILES string of the molecule is CCc1nc(C)c2nc(C)cnc2n1. The van der Waals surface area contributed by atoms with Crippen LogP contribution in [-0.4, -0.2) is 19.9 Å². The van der Waals surface area contributed by atoms with Crippen LogP contribution in [-0.2, 0) is 6.42 Å². The number of rotatable bonds is 1. The Kier molecular flexibility index (Phi) is 2.11. The van der Waals surface area contributed by atoms with Gasteiger partial charge in [0.1, 0.15) is 11.3 Å². The highest BCUT2D eigenvalue weighted by atomic mass is 15.0. The second-order valence-corrected chi connectivity index (χ2v) is 3.26. The molecule has 4 heteroatoms. The molecule has 0 N–H and O–H groups in total. The zero-order valence-corrected chi connectivity index (χ0v) is 8.57. The van der Waals surface area contributed by atoms with Gasteiger partial charge in [0.2, 0.25) is 0 Å². The predicted molar refractivity (Wildman–Crippen MR) is 54.0 cm³/mol. The Morgan fingerprint density at radius 2 is 1.93 bits per heavy atom. The summed E-state index contributed by atoms with van der Waals surface area (Å²) in [7, 11) is 0. The molecule has 0 aliphatic rings. The van der Waals surface area contributed by atoms with Crippen molar-refractivity contribution in [3.05, 3.63) is 23.4 Å². The molecule has 4 nitrogen and oxygen atoms in total. The molecule has 0 saturated carbocycles. The van der Waals surface area contributed by atoms with Crippen LogP contribution in [0.4, 0.5) is 0 Å². The Bertz CT molecular complexity index is 479. The Morgan fingerprint density at radius 3 is 2.64 bits per heavy atom. The van der Waals surface area contributed by atoms with Crippen molar-refractivity contribution >= 4 is 11.2 Å². The fraction of sp³-hybridized carbons (Fsp3) is 0.400. The summed E-state index contributed by atoms with van der Waals surface area (Å²) < 4.78 is 0. The second-order valence-electron chi connectivity index (χ2n) is 3.26. The van der Waals surface area contributed by atoms with Gasteiger partial charge in [-0.25, -0.2) is 19.9 Å². The van der Waals surface area contributed by atoms with Crippen LogP contribution in [0.15, 0.2) is 6.20 Å². The van der Waals surface area contributed by atoms with Crippen molar-refractivity contribution in [2.45, 2.75) is 27.2 Å². The lowest BCUT2D eigenvalue weighted by Gasteiger charge is -2.02. The van der Waals surface area contributed by atoms with Gasteiger partial charge in [-0.2, -0.15) is 0 Å². The Hall–Kier alpha value is -1.58. The molecule has 0 aliphatic heterocycles. The molecule has 2 aromatic rings. The number of hydrogen-bond acceptors (Lipinski definition) is 4. The van der Waals surface area contributed by atoms with E-state index in [9.17, 15) is 0 Å². The molecule has 2 heterocycles. The summed E-state index contributed by atoms with van der Waals surface area (Å²) in [5, 5.41) is 0. The van der Waals surface area contributed by atoms with Crippen molar-refractivity contribution in [1.29, 1.82) is 0 Å². The van der Waals surface area contributed by atoms with E-state index in [0.717, 1.165) is 29.1 Å². The van der Waals surface area contributed by atoms with Crippen molar-refractivity contribution in [2.75, 3.05) is 0 Å². The van der Waals surface area contributed by atoms with Gasteiger partial charge in [0.05, 0.1) is 17.6 Å². The van der Waals surface area contributed by atoms with E-state index < -0.39 is 0 Å². The van der Waals surface area contributed by atoms with Gasteiger partial charge >= 0.3 is 0 Å². The second kappa shape index (κ2) is 3.29. The zero-order chi connectivity index (χ0) is 10.1. The lowest BCUT2D eigenvalue weighted by Crippen LogP contribution is -2.00. The monoisotopic (exact) mass is 188 g/mol. The van der Waals surface area contributed by atoms with Crippen molar-refractivity contribution < 1.29 is 0 Å². The summed E-state index contributed by atoms with van der Waals surface area (Å²) >= 11 is 0. The summed E-state index contributed by atoms with van der Waals surface area (Å²) in [5.41, 5.74) is 3.30. The number of hydrogen-bond donors (Lipinski definition) is 0. The van der Waals surface area contributed by atoms with Crippen molar-refractivity contribution in [3.8, 4) is 0 Å². The highest BCUT2D eigenvalue weighted by molar-refractivity contribution is 5.71. The van der Waals surface area contributed by atoms with Crippen LogP contribution < -0.4 is 0 Å². The maximum atomic E-state index is 4.36. The molecule has 0 saturated heterocycles. The molecule has 14 heavy (non-hydrogen) atoms. The first-order chi connectivity index (χ1) is 6.70. The van der Waals surface area contributed by atoms with E-state index in [1.165, 1.54) is 0 Å². The number of nitrogens with zero attached hydrogens (tertiary/aromatic N) is 4. The first-order valence-electron chi connectivity index (χ1n) is 4.67. The van der Waals surface area contributed by atoms with Crippen LogP contribution >= 0.6 is 0 Å². The Balaban J connectivity index is 2.76. The smallest absolute Gasteiger partial charge is 0.181 e. The van der Waals surface area contributed by atoms with Crippen LogP contribution in [0.5, 0.6) is 0 Å². The highest BCUT2D eigenvalue weighted by Crippen LogP contribution is 2.10. The first-order valence-corrected chi connectivity index (χ1v) is 4.67. The van der Waals surface area contributed by atoms with Gasteiger partial charge < -0.3 is 0 Å². The maximum Gasteiger partial charge on any atom is 0.181 e. The fourth-order valence-corrected chi connectivity index (χ4v) is 1.35. The molecular weight excluding hydrogens is 176 g/mol. The van der Waals surface area contributed by atoms with Gasteiger partial charge in [-0.3, -0.25) is 0 Å². The van der Waals surface area contributed by atoms with E-state index in [4.69, 9.17) is 0 Å². The first kappa shape index (κ1) is 8.99. The van der Waals surface area contributed by atoms with Gasteiger partial charge in [0, 0.05) is 6.42 Å². The molecule has 2 rings (SSSR count). The van der Waals surface area contributed by atoms with Gasteiger partial charge in [-0.05, 0) is 13.8 Å². The molecule has 0 bridgehead atoms. The van der Waals surface area contributed by atoms with E-state index >= 15 is 0 Å². The van der Waals surface area contributed by atoms with E-state index in [-0.39, 0.29) is 0 Å². The third-order valence-electron chi connectivity index (χ3n) is 2.06. The van der Waals surface area contributed by atoms with Crippen molar-refractivity contribution in [3.63, 3.8) is 0 Å². The third kappa shape index (κ3) is 1.43. The molecule has 0 aliphatic carbocycles. The molecular formula is C10H12N4. The normalized spacial score (nSPS) is 10.8. The molecule has 2 aromatic heterocycles. The number of aryl methyl sites for hydroxylation is 3. The van der Waals surface area contributed by atoms with Crippen LogP contribution in [0.1, 0.15) is 24.1 Å². The van der Waals surface area contributed by atoms with Crippen LogP contribution in [0.2, 0.25) is 0 Å². The van der Waals surface area contributed by atoms with Crippen molar-refractivity contribution in [2.24, 2.45) is 0 Å². The quantitative estimate of drug-likeness (QED) is 0.682. The zero-order valence-electron chi connectivity index (χ0n) is 8.57. The minimum Gasteiger partial charge on any atom is -0.246 e. The van der Waals surface area contributed by atoms with Gasteiger partial charge in [0.15, 0.2) is 5.65 Å². The van der Waals surface area contributed by atoms with E-state index in [0.29, 0.717) is 5.65 Å².